The van der Waals surface area contributed by atoms with Crippen LogP contribution in [0.4, 0.5) is 5.82 Å². The first-order chi connectivity index (χ1) is 12.4. The van der Waals surface area contributed by atoms with E-state index in [9.17, 15) is 0 Å². The molecule has 126 valence electrons. The van der Waals surface area contributed by atoms with Gasteiger partial charge in [-0.1, -0.05) is 0 Å². The number of thiophene rings is 1. The van der Waals surface area contributed by atoms with Gasteiger partial charge in [0.05, 0.1) is 5.69 Å². The third-order valence-corrected chi connectivity index (χ3v) is 5.56. The van der Waals surface area contributed by atoms with Gasteiger partial charge in [0.2, 0.25) is 0 Å². The molecule has 1 aliphatic rings. The van der Waals surface area contributed by atoms with E-state index in [1.165, 1.54) is 0 Å². The summed E-state index contributed by atoms with van der Waals surface area (Å²) in [5, 5.41) is 11.2. The Kier molecular flexibility index (Phi) is 3.61. The van der Waals surface area contributed by atoms with Crippen molar-refractivity contribution < 1.29 is 0 Å². The van der Waals surface area contributed by atoms with Crippen LogP contribution in [0, 0.1) is 0 Å². The second-order valence-corrected chi connectivity index (χ2v) is 7.22. The number of aromatic nitrogens is 4. The number of nitrogens with zero attached hydrogens (tertiary/aromatic N) is 3. The topological polar surface area (TPSA) is 78.5 Å². The fourth-order valence-corrected chi connectivity index (χ4v) is 4.22. The number of H-pyrrole nitrogens is 1. The lowest BCUT2D eigenvalue weighted by Gasteiger charge is -2.24. The zero-order chi connectivity index (χ0) is 16.6. The number of hydrogen-bond acceptors (Lipinski definition) is 6. The first-order valence-corrected chi connectivity index (χ1v) is 9.40. The second-order valence-electron chi connectivity index (χ2n) is 6.33. The Bertz CT molecular complexity index is 1030. The molecule has 0 aliphatic carbocycles. The summed E-state index contributed by atoms with van der Waals surface area (Å²) in [5.41, 5.74) is 2.94. The number of anilines is 1. The van der Waals surface area contributed by atoms with Gasteiger partial charge in [-0.15, -0.1) is 11.3 Å². The molecule has 0 spiro atoms. The van der Waals surface area contributed by atoms with Crippen molar-refractivity contribution in [3.05, 3.63) is 36.1 Å². The van der Waals surface area contributed by atoms with Crippen LogP contribution in [-0.2, 0) is 0 Å². The molecule has 7 heteroatoms. The maximum absolute atomic E-state index is 4.76. The highest BCUT2D eigenvalue weighted by Gasteiger charge is 2.17. The van der Waals surface area contributed by atoms with Crippen molar-refractivity contribution in [1.29, 1.82) is 0 Å². The average molecular weight is 350 g/mol. The minimum absolute atomic E-state index is 0.459. The van der Waals surface area contributed by atoms with Crippen molar-refractivity contribution >= 4 is 38.4 Å². The van der Waals surface area contributed by atoms with Crippen molar-refractivity contribution in [3.8, 4) is 11.3 Å². The lowest BCUT2D eigenvalue weighted by molar-refractivity contribution is 0.478. The Morgan fingerprint density at radius 1 is 1.12 bits per heavy atom. The van der Waals surface area contributed by atoms with Crippen LogP contribution in [-0.4, -0.2) is 39.1 Å². The van der Waals surface area contributed by atoms with Gasteiger partial charge in [-0.25, -0.2) is 15.0 Å². The molecule has 5 heterocycles. The van der Waals surface area contributed by atoms with Crippen molar-refractivity contribution in [2.45, 2.75) is 18.9 Å². The first kappa shape index (κ1) is 14.8. The molecule has 0 atom stereocenters. The fraction of sp³-hybridized carbons (Fsp3) is 0.278. The molecule has 0 bridgehead atoms. The number of hydrogen-bond donors (Lipinski definition) is 3. The minimum atomic E-state index is 0.459. The molecular formula is C18H18N6S. The summed E-state index contributed by atoms with van der Waals surface area (Å²) in [6, 6.07) is 6.73. The Balaban J connectivity index is 1.64. The molecule has 1 fully saturated rings. The van der Waals surface area contributed by atoms with Gasteiger partial charge in [-0.3, -0.25) is 0 Å². The highest BCUT2D eigenvalue weighted by Crippen LogP contribution is 2.34. The lowest BCUT2D eigenvalue weighted by atomic mass is 10.0. The Labute approximate surface area is 148 Å². The van der Waals surface area contributed by atoms with Crippen LogP contribution in [0.5, 0.6) is 0 Å². The van der Waals surface area contributed by atoms with E-state index in [1.807, 2.05) is 6.20 Å². The van der Waals surface area contributed by atoms with Gasteiger partial charge in [0.1, 0.15) is 22.6 Å². The van der Waals surface area contributed by atoms with E-state index in [2.05, 4.69) is 49.2 Å². The minimum Gasteiger partial charge on any atom is -0.367 e. The van der Waals surface area contributed by atoms with Crippen LogP contribution in [0.15, 0.2) is 36.1 Å². The second kappa shape index (κ2) is 6.09. The first-order valence-electron chi connectivity index (χ1n) is 8.52. The Morgan fingerprint density at radius 2 is 2.04 bits per heavy atom. The predicted octanol–water partition coefficient (Wildman–Crippen LogP) is 3.40. The molecule has 4 aromatic heterocycles. The van der Waals surface area contributed by atoms with Crippen molar-refractivity contribution in [2.75, 3.05) is 18.4 Å². The van der Waals surface area contributed by atoms with Crippen molar-refractivity contribution in [3.63, 3.8) is 0 Å². The molecule has 0 unspecified atom stereocenters. The van der Waals surface area contributed by atoms with Gasteiger partial charge in [-0.05, 0) is 49.5 Å². The quantitative estimate of drug-likeness (QED) is 0.528. The van der Waals surface area contributed by atoms with E-state index >= 15 is 0 Å². The number of nitrogens with one attached hydrogen (secondary N) is 3. The van der Waals surface area contributed by atoms with E-state index in [4.69, 9.17) is 4.98 Å². The van der Waals surface area contributed by atoms with Crippen LogP contribution >= 0.6 is 11.3 Å². The third kappa shape index (κ3) is 2.65. The summed E-state index contributed by atoms with van der Waals surface area (Å²) in [6.07, 6.45) is 5.80. The van der Waals surface area contributed by atoms with Crippen LogP contribution in [0.2, 0.25) is 0 Å². The van der Waals surface area contributed by atoms with E-state index in [1.54, 1.807) is 17.7 Å². The van der Waals surface area contributed by atoms with E-state index < -0.39 is 0 Å². The van der Waals surface area contributed by atoms with Crippen LogP contribution in [0.1, 0.15) is 12.8 Å². The van der Waals surface area contributed by atoms with E-state index in [0.29, 0.717) is 6.04 Å². The number of fused-ring (bicyclic) bond motifs is 2. The van der Waals surface area contributed by atoms with E-state index in [0.717, 1.165) is 64.3 Å². The average Bonchev–Trinajstić information content (AvgIpc) is 3.30. The summed E-state index contributed by atoms with van der Waals surface area (Å²) in [5.74, 6) is 0.902. The molecule has 1 aliphatic heterocycles. The van der Waals surface area contributed by atoms with Gasteiger partial charge in [-0.2, -0.15) is 0 Å². The number of rotatable bonds is 3. The summed E-state index contributed by atoms with van der Waals surface area (Å²) in [6.45, 7) is 2.10. The molecule has 0 aromatic carbocycles. The molecule has 1 saturated heterocycles. The highest BCUT2D eigenvalue weighted by molar-refractivity contribution is 7.16. The van der Waals surface area contributed by atoms with Crippen LogP contribution in [0.25, 0.3) is 32.5 Å². The molecule has 0 saturated carbocycles. The Hall–Kier alpha value is -2.51. The van der Waals surface area contributed by atoms with E-state index in [-0.39, 0.29) is 0 Å². The standard InChI is InChI=1S/C18H18N6S/c1-5-19-6-2-11(1)23-15-9-14(12-3-7-20-17(12)24-15)16-13-4-8-25-18(13)22-10-21-16/h3-4,7-11,19H,1-2,5-6H2,(H2,20,23,24). The fourth-order valence-electron chi connectivity index (χ4n) is 3.49. The van der Waals surface area contributed by atoms with Gasteiger partial charge in [0, 0.05) is 28.6 Å². The van der Waals surface area contributed by atoms with Gasteiger partial charge < -0.3 is 15.6 Å². The largest absolute Gasteiger partial charge is 0.367 e. The molecule has 3 N–H and O–H groups in total. The lowest BCUT2D eigenvalue weighted by Crippen LogP contribution is -2.35. The number of pyridine rings is 1. The van der Waals surface area contributed by atoms with Gasteiger partial charge in [0.15, 0.2) is 0 Å². The summed E-state index contributed by atoms with van der Waals surface area (Å²) >= 11 is 1.64. The summed E-state index contributed by atoms with van der Waals surface area (Å²) in [4.78, 5) is 18.0. The highest BCUT2D eigenvalue weighted by atomic mass is 32.1. The molecule has 0 amide bonds. The predicted molar refractivity (Wildman–Crippen MR) is 102 cm³/mol. The van der Waals surface area contributed by atoms with Gasteiger partial charge >= 0.3 is 0 Å². The molecule has 4 aromatic rings. The van der Waals surface area contributed by atoms with Crippen LogP contribution < -0.4 is 10.6 Å². The Morgan fingerprint density at radius 3 is 2.96 bits per heavy atom. The molecule has 6 nitrogen and oxygen atoms in total. The molecule has 5 rings (SSSR count). The maximum atomic E-state index is 4.76. The molecule has 25 heavy (non-hydrogen) atoms. The molecule has 0 radical (unpaired) electrons. The maximum Gasteiger partial charge on any atom is 0.140 e. The smallest absolute Gasteiger partial charge is 0.140 e. The third-order valence-electron chi connectivity index (χ3n) is 4.74. The number of aromatic amines is 1. The van der Waals surface area contributed by atoms with Gasteiger partial charge in [0.25, 0.3) is 0 Å². The molecular weight excluding hydrogens is 332 g/mol. The SMILES string of the molecule is c1nc(-c2cc(NC3CCNCC3)nc3[nH]ccc23)c2ccsc2n1. The zero-order valence-corrected chi connectivity index (χ0v) is 14.4. The van der Waals surface area contributed by atoms with Crippen molar-refractivity contribution in [1.82, 2.24) is 25.3 Å². The zero-order valence-electron chi connectivity index (χ0n) is 13.6. The van der Waals surface area contributed by atoms with Crippen molar-refractivity contribution in [2.24, 2.45) is 0 Å². The van der Waals surface area contributed by atoms with Crippen LogP contribution in [0.3, 0.4) is 0 Å². The monoisotopic (exact) mass is 350 g/mol. The summed E-state index contributed by atoms with van der Waals surface area (Å²) < 4.78 is 0. The summed E-state index contributed by atoms with van der Waals surface area (Å²) in [7, 11) is 0. The number of piperidine rings is 1. The normalized spacial score (nSPS) is 15.8.